The van der Waals surface area contributed by atoms with Crippen LogP contribution in [-0.2, 0) is 32.6 Å². The zero-order valence-corrected chi connectivity index (χ0v) is 18.2. The number of nitrogens with zero attached hydrogens (tertiary/aromatic N) is 3. The average Bonchev–Trinajstić information content (AvgIpc) is 3.26. The van der Waals surface area contributed by atoms with Crippen molar-refractivity contribution in [2.75, 3.05) is 19.7 Å². The molecule has 0 fully saturated rings. The minimum atomic E-state index is -0.512. The van der Waals surface area contributed by atoms with Crippen molar-refractivity contribution < 1.29 is 9.84 Å². The average molecular weight is 421 g/mol. The van der Waals surface area contributed by atoms with E-state index in [1.165, 1.54) is 16.7 Å². The summed E-state index contributed by atoms with van der Waals surface area (Å²) in [6, 6.07) is 16.6. The van der Waals surface area contributed by atoms with Gasteiger partial charge in [0.1, 0.15) is 18.5 Å². The van der Waals surface area contributed by atoms with Crippen LogP contribution in [0.5, 0.6) is 5.75 Å². The van der Waals surface area contributed by atoms with E-state index < -0.39 is 6.10 Å². The largest absolute Gasteiger partial charge is 0.491 e. The van der Waals surface area contributed by atoms with Gasteiger partial charge < -0.3 is 15.2 Å². The first-order valence-electron chi connectivity index (χ1n) is 11.1. The van der Waals surface area contributed by atoms with Crippen molar-refractivity contribution in [1.82, 2.24) is 20.0 Å². The van der Waals surface area contributed by atoms with Gasteiger partial charge in [-0.05, 0) is 42.2 Å². The van der Waals surface area contributed by atoms with Crippen LogP contribution in [0.2, 0.25) is 0 Å². The highest BCUT2D eigenvalue weighted by atomic mass is 16.5. The van der Waals surface area contributed by atoms with E-state index in [1.54, 1.807) is 0 Å². The molecule has 1 aliphatic rings. The van der Waals surface area contributed by atoms with Gasteiger partial charge in [-0.3, -0.25) is 9.58 Å². The summed E-state index contributed by atoms with van der Waals surface area (Å²) in [7, 11) is 0. The smallest absolute Gasteiger partial charge is 0.119 e. The monoisotopic (exact) mass is 420 g/mol. The predicted octanol–water partition coefficient (Wildman–Crippen LogP) is 2.99. The van der Waals surface area contributed by atoms with Crippen LogP contribution in [0.25, 0.3) is 0 Å². The third kappa shape index (κ3) is 6.17. The highest BCUT2D eigenvalue weighted by molar-refractivity contribution is 5.29. The second kappa shape index (κ2) is 10.6. The Morgan fingerprint density at radius 2 is 1.94 bits per heavy atom. The number of hydrogen-bond donors (Lipinski definition) is 2. The van der Waals surface area contributed by atoms with Gasteiger partial charge in [-0.1, -0.05) is 36.4 Å². The summed E-state index contributed by atoms with van der Waals surface area (Å²) < 4.78 is 7.81. The highest BCUT2D eigenvalue weighted by Gasteiger charge is 2.18. The summed E-state index contributed by atoms with van der Waals surface area (Å²) in [5, 5.41) is 18.2. The van der Waals surface area contributed by atoms with Gasteiger partial charge in [0.05, 0.1) is 6.20 Å². The first kappa shape index (κ1) is 21.6. The van der Waals surface area contributed by atoms with Gasteiger partial charge >= 0.3 is 0 Å². The summed E-state index contributed by atoms with van der Waals surface area (Å²) >= 11 is 0. The molecule has 0 bridgehead atoms. The molecule has 1 atom stereocenters. The number of aliphatic hydroxyl groups excluding tert-OH is 1. The molecule has 31 heavy (non-hydrogen) atoms. The first-order chi connectivity index (χ1) is 15.2. The number of rotatable bonds is 10. The zero-order valence-electron chi connectivity index (χ0n) is 18.2. The molecule has 0 unspecified atom stereocenters. The van der Waals surface area contributed by atoms with E-state index in [4.69, 9.17) is 4.74 Å². The number of nitrogens with one attached hydrogen (secondary N) is 1. The summed E-state index contributed by atoms with van der Waals surface area (Å²) in [6.07, 6.45) is 4.49. The van der Waals surface area contributed by atoms with Crippen LogP contribution in [-0.4, -0.2) is 45.6 Å². The molecule has 0 saturated carbocycles. The number of β-amino-alcohol motifs (C(OH)–C–C–N with tert-alkyl or cyclic N) is 1. The van der Waals surface area contributed by atoms with Gasteiger partial charge in [0.25, 0.3) is 0 Å². The van der Waals surface area contributed by atoms with Gasteiger partial charge in [0.2, 0.25) is 0 Å². The van der Waals surface area contributed by atoms with Crippen LogP contribution < -0.4 is 10.1 Å². The van der Waals surface area contributed by atoms with Crippen molar-refractivity contribution in [2.24, 2.45) is 0 Å². The van der Waals surface area contributed by atoms with Crippen LogP contribution >= 0.6 is 0 Å². The lowest BCUT2D eigenvalue weighted by molar-refractivity contribution is 0.0637. The Bertz CT molecular complexity index is 971. The fraction of sp³-hybridized carbons (Fsp3) is 0.400. The molecule has 6 heteroatoms. The molecule has 0 amide bonds. The lowest BCUT2D eigenvalue weighted by Crippen LogP contribution is -2.38. The third-order valence-corrected chi connectivity index (χ3v) is 5.69. The van der Waals surface area contributed by atoms with E-state index in [1.807, 2.05) is 29.1 Å². The van der Waals surface area contributed by atoms with Gasteiger partial charge in [0, 0.05) is 51.0 Å². The topological polar surface area (TPSA) is 62.6 Å². The number of aryl methyl sites for hydroxylation is 1. The second-order valence-corrected chi connectivity index (χ2v) is 8.17. The number of hydrogen-bond acceptors (Lipinski definition) is 5. The lowest BCUT2D eigenvalue weighted by atomic mass is 10.00. The van der Waals surface area contributed by atoms with Gasteiger partial charge in [-0.2, -0.15) is 5.10 Å². The van der Waals surface area contributed by atoms with Crippen LogP contribution in [0.3, 0.4) is 0 Å². The molecule has 2 aromatic carbocycles. The Hall–Kier alpha value is -2.67. The minimum Gasteiger partial charge on any atom is -0.491 e. The Balaban J connectivity index is 1.20. The van der Waals surface area contributed by atoms with Crippen molar-refractivity contribution in [1.29, 1.82) is 0 Å². The molecule has 1 aliphatic heterocycles. The van der Waals surface area contributed by atoms with E-state index in [0.29, 0.717) is 13.2 Å². The number of benzene rings is 2. The fourth-order valence-electron chi connectivity index (χ4n) is 4.02. The van der Waals surface area contributed by atoms with E-state index in [2.05, 4.69) is 58.8 Å². The highest BCUT2D eigenvalue weighted by Crippen LogP contribution is 2.19. The molecule has 4 rings (SSSR count). The summed E-state index contributed by atoms with van der Waals surface area (Å²) in [5.41, 5.74) is 5.12. The van der Waals surface area contributed by atoms with Crippen LogP contribution in [0.15, 0.2) is 60.9 Å². The number of aromatic nitrogens is 2. The Morgan fingerprint density at radius 1 is 1.10 bits per heavy atom. The first-order valence-corrected chi connectivity index (χ1v) is 11.1. The molecule has 0 saturated heterocycles. The van der Waals surface area contributed by atoms with Crippen LogP contribution in [0, 0.1) is 0 Å². The van der Waals surface area contributed by atoms with Crippen molar-refractivity contribution in [3.8, 4) is 5.75 Å². The maximum atomic E-state index is 10.5. The molecule has 2 N–H and O–H groups in total. The standard InChI is InChI=1S/C25H32N4O2/c1-2-29-16-21(15-27-29)14-26-13-20-6-5-9-25(12-20)31-19-24(30)18-28-11-10-22-7-3-4-8-23(22)17-28/h3-9,12,15-16,24,26,30H,2,10-11,13-14,17-19H2,1H3/t24-/m1/s1. The van der Waals surface area contributed by atoms with E-state index in [9.17, 15) is 5.11 Å². The van der Waals surface area contributed by atoms with Crippen molar-refractivity contribution >= 4 is 0 Å². The molecule has 0 spiro atoms. The predicted molar refractivity (Wildman–Crippen MR) is 122 cm³/mol. The van der Waals surface area contributed by atoms with Crippen LogP contribution in [0.4, 0.5) is 0 Å². The van der Waals surface area contributed by atoms with Crippen molar-refractivity contribution in [3.63, 3.8) is 0 Å². The zero-order chi connectivity index (χ0) is 21.5. The van der Waals surface area contributed by atoms with Gasteiger partial charge in [0.15, 0.2) is 0 Å². The van der Waals surface area contributed by atoms with E-state index >= 15 is 0 Å². The SMILES string of the molecule is CCn1cc(CNCc2cccc(OC[C@H](O)CN3CCc4ccccc4C3)c2)cn1. The molecule has 2 heterocycles. The van der Waals surface area contributed by atoms with Crippen molar-refractivity contribution in [2.45, 2.75) is 45.6 Å². The molecule has 0 aliphatic carbocycles. The maximum Gasteiger partial charge on any atom is 0.119 e. The van der Waals surface area contributed by atoms with Crippen molar-refractivity contribution in [3.05, 3.63) is 83.2 Å². The molecular weight excluding hydrogens is 388 g/mol. The Kier molecular flexibility index (Phi) is 7.35. The molecule has 6 nitrogen and oxygen atoms in total. The number of ether oxygens (including phenoxy) is 1. The molecule has 3 aromatic rings. The number of fused-ring (bicyclic) bond motifs is 1. The Morgan fingerprint density at radius 3 is 2.77 bits per heavy atom. The Labute approximate surface area is 184 Å². The number of aliphatic hydroxyl groups is 1. The normalized spacial score (nSPS) is 14.9. The van der Waals surface area contributed by atoms with E-state index in [0.717, 1.165) is 50.5 Å². The fourth-order valence-corrected chi connectivity index (χ4v) is 4.02. The summed E-state index contributed by atoms with van der Waals surface area (Å²) in [5.74, 6) is 0.793. The molecular formula is C25H32N4O2. The molecule has 1 aromatic heterocycles. The third-order valence-electron chi connectivity index (χ3n) is 5.69. The van der Waals surface area contributed by atoms with E-state index in [-0.39, 0.29) is 0 Å². The van der Waals surface area contributed by atoms with Gasteiger partial charge in [-0.15, -0.1) is 0 Å². The lowest BCUT2D eigenvalue weighted by Gasteiger charge is -2.30. The second-order valence-electron chi connectivity index (χ2n) is 8.17. The summed E-state index contributed by atoms with van der Waals surface area (Å²) in [6.45, 7) is 7.30. The molecule has 164 valence electrons. The minimum absolute atomic E-state index is 0.297. The van der Waals surface area contributed by atoms with Gasteiger partial charge in [-0.25, -0.2) is 0 Å². The quantitative estimate of drug-likeness (QED) is 0.528. The van der Waals surface area contributed by atoms with Crippen LogP contribution in [0.1, 0.15) is 29.2 Å². The summed E-state index contributed by atoms with van der Waals surface area (Å²) in [4.78, 5) is 2.30. The molecule has 0 radical (unpaired) electrons. The maximum absolute atomic E-state index is 10.5.